The van der Waals surface area contributed by atoms with E-state index in [4.69, 9.17) is 5.73 Å². The van der Waals surface area contributed by atoms with Gasteiger partial charge in [0.25, 0.3) is 0 Å². The summed E-state index contributed by atoms with van der Waals surface area (Å²) in [5.74, 6) is -0.0703. The number of pyridine rings is 2. The number of nitrogen functional groups attached to an aromatic ring is 1. The number of aromatic nitrogens is 2. The number of thiophene rings is 1. The number of ketones is 1. The molecule has 0 unspecified atom stereocenters. The van der Waals surface area contributed by atoms with Crippen LogP contribution in [0.3, 0.4) is 0 Å². The van der Waals surface area contributed by atoms with E-state index in [2.05, 4.69) is 9.97 Å². The Morgan fingerprint density at radius 3 is 2.58 bits per heavy atom. The molecule has 0 amide bonds. The molecule has 4 aromatic rings. The Hall–Kier alpha value is -3.05. The molecule has 0 fully saturated rings. The van der Waals surface area contributed by atoms with Gasteiger partial charge in [0.15, 0.2) is 0 Å². The van der Waals surface area contributed by atoms with Gasteiger partial charge in [0, 0.05) is 28.9 Å². The Bertz CT molecular complexity index is 1030. The third-order valence-electron chi connectivity index (χ3n) is 3.79. The summed E-state index contributed by atoms with van der Waals surface area (Å²) in [7, 11) is 0. The molecule has 2 N–H and O–H groups in total. The summed E-state index contributed by atoms with van der Waals surface area (Å²) in [6.45, 7) is 0. The molecule has 24 heavy (non-hydrogen) atoms. The van der Waals surface area contributed by atoms with Crippen LogP contribution >= 0.6 is 11.3 Å². The van der Waals surface area contributed by atoms with Crippen molar-refractivity contribution in [2.45, 2.75) is 0 Å². The van der Waals surface area contributed by atoms with Crippen LogP contribution in [-0.2, 0) is 0 Å². The Labute approximate surface area is 142 Å². The van der Waals surface area contributed by atoms with E-state index in [0.717, 1.165) is 21.5 Å². The lowest BCUT2D eigenvalue weighted by Crippen LogP contribution is -2.01. The van der Waals surface area contributed by atoms with Crippen molar-refractivity contribution in [1.29, 1.82) is 0 Å². The van der Waals surface area contributed by atoms with Crippen LogP contribution < -0.4 is 5.73 Å². The van der Waals surface area contributed by atoms with Gasteiger partial charge in [0.1, 0.15) is 9.71 Å². The average molecular weight is 331 g/mol. The topological polar surface area (TPSA) is 68.9 Å². The van der Waals surface area contributed by atoms with E-state index < -0.39 is 0 Å². The number of benzene rings is 1. The molecule has 5 heteroatoms. The number of nitrogens with zero attached hydrogens (tertiary/aromatic N) is 2. The molecular formula is C19H13N3OS. The van der Waals surface area contributed by atoms with Gasteiger partial charge in [-0.15, -0.1) is 11.3 Å². The highest BCUT2D eigenvalue weighted by Gasteiger charge is 2.19. The molecule has 0 aliphatic heterocycles. The van der Waals surface area contributed by atoms with Crippen molar-refractivity contribution in [3.8, 4) is 11.3 Å². The van der Waals surface area contributed by atoms with Crippen molar-refractivity contribution in [3.63, 3.8) is 0 Å². The van der Waals surface area contributed by atoms with Crippen molar-refractivity contribution < 1.29 is 4.79 Å². The van der Waals surface area contributed by atoms with Crippen LogP contribution in [0.15, 0.2) is 67.0 Å². The van der Waals surface area contributed by atoms with E-state index in [0.29, 0.717) is 16.1 Å². The summed E-state index contributed by atoms with van der Waals surface area (Å²) >= 11 is 1.33. The molecule has 1 aromatic carbocycles. The second-order valence-corrected chi connectivity index (χ2v) is 6.33. The first-order chi connectivity index (χ1) is 11.7. The van der Waals surface area contributed by atoms with E-state index in [1.54, 1.807) is 24.5 Å². The number of carbonyl (C=O) groups excluding carboxylic acids is 1. The summed E-state index contributed by atoms with van der Waals surface area (Å²) in [5.41, 5.74) is 9.07. The van der Waals surface area contributed by atoms with E-state index in [1.807, 2.05) is 42.5 Å². The second-order valence-electron chi connectivity index (χ2n) is 5.33. The second kappa shape index (κ2) is 5.86. The van der Waals surface area contributed by atoms with Gasteiger partial charge < -0.3 is 5.73 Å². The van der Waals surface area contributed by atoms with E-state index in [9.17, 15) is 4.79 Å². The minimum atomic E-state index is -0.0703. The number of anilines is 1. The quantitative estimate of drug-likeness (QED) is 0.572. The van der Waals surface area contributed by atoms with E-state index in [-0.39, 0.29) is 5.78 Å². The van der Waals surface area contributed by atoms with Gasteiger partial charge in [-0.3, -0.25) is 9.78 Å². The fraction of sp³-hybridized carbons (Fsp3) is 0. The first-order valence-corrected chi connectivity index (χ1v) is 8.25. The monoisotopic (exact) mass is 331 g/mol. The van der Waals surface area contributed by atoms with Crippen molar-refractivity contribution >= 4 is 33.0 Å². The number of hydrogen-bond acceptors (Lipinski definition) is 5. The highest BCUT2D eigenvalue weighted by Crippen LogP contribution is 2.35. The minimum absolute atomic E-state index is 0.0703. The van der Waals surface area contributed by atoms with Crippen molar-refractivity contribution in [2.75, 3.05) is 5.73 Å². The van der Waals surface area contributed by atoms with Crippen LogP contribution in [0.4, 0.5) is 5.69 Å². The van der Waals surface area contributed by atoms with Crippen LogP contribution in [0, 0.1) is 0 Å². The Kier molecular flexibility index (Phi) is 3.55. The molecule has 116 valence electrons. The van der Waals surface area contributed by atoms with Gasteiger partial charge in [-0.25, -0.2) is 4.98 Å². The molecule has 0 aliphatic rings. The molecule has 0 saturated heterocycles. The molecule has 4 rings (SSSR count). The zero-order valence-electron chi connectivity index (χ0n) is 12.6. The van der Waals surface area contributed by atoms with Crippen LogP contribution in [0.1, 0.15) is 15.2 Å². The maximum atomic E-state index is 12.7. The smallest absolute Gasteiger partial charge is 0.205 e. The average Bonchev–Trinajstić information content (AvgIpc) is 2.99. The summed E-state index contributed by atoms with van der Waals surface area (Å²) in [6, 6.07) is 16.8. The minimum Gasteiger partial charge on any atom is -0.397 e. The molecule has 4 nitrogen and oxygen atoms in total. The number of fused-ring (bicyclic) bond motifs is 1. The molecule has 0 spiro atoms. The molecule has 3 aromatic heterocycles. The van der Waals surface area contributed by atoms with Gasteiger partial charge in [-0.05, 0) is 24.3 Å². The molecule has 0 radical (unpaired) electrons. The number of hydrogen-bond donors (Lipinski definition) is 1. The lowest BCUT2D eigenvalue weighted by Gasteiger charge is -2.00. The fourth-order valence-corrected chi connectivity index (χ4v) is 3.62. The highest BCUT2D eigenvalue weighted by atomic mass is 32.1. The van der Waals surface area contributed by atoms with Gasteiger partial charge in [-0.2, -0.15) is 0 Å². The lowest BCUT2D eigenvalue weighted by atomic mass is 10.1. The molecule has 0 atom stereocenters. The van der Waals surface area contributed by atoms with Gasteiger partial charge >= 0.3 is 0 Å². The number of rotatable bonds is 3. The highest BCUT2D eigenvalue weighted by molar-refractivity contribution is 7.21. The number of nitrogens with two attached hydrogens (primary N) is 1. The van der Waals surface area contributed by atoms with Crippen LogP contribution in [0.2, 0.25) is 0 Å². The van der Waals surface area contributed by atoms with Crippen molar-refractivity contribution in [1.82, 2.24) is 9.97 Å². The predicted molar refractivity (Wildman–Crippen MR) is 97.1 cm³/mol. The van der Waals surface area contributed by atoms with E-state index in [1.165, 1.54) is 11.3 Å². The molecule has 3 heterocycles. The standard InChI is InChI=1S/C19H13N3OS/c20-16-14-8-9-15(13-7-4-10-21-11-13)22-19(14)24-18(16)17(23)12-5-2-1-3-6-12/h1-11H,20H2. The molecule has 0 aliphatic carbocycles. The number of carbonyl (C=O) groups is 1. The molecule has 0 saturated carbocycles. The first kappa shape index (κ1) is 14.5. The fourth-order valence-electron chi connectivity index (χ4n) is 2.56. The Balaban J connectivity index is 1.82. The van der Waals surface area contributed by atoms with Gasteiger partial charge in [0.2, 0.25) is 5.78 Å². The Morgan fingerprint density at radius 1 is 1.00 bits per heavy atom. The lowest BCUT2D eigenvalue weighted by molar-refractivity contribution is 0.104. The van der Waals surface area contributed by atoms with Gasteiger partial charge in [0.05, 0.1) is 11.4 Å². The predicted octanol–water partition coefficient (Wildman–Crippen LogP) is 4.17. The summed E-state index contributed by atoms with van der Waals surface area (Å²) in [6.07, 6.45) is 3.49. The molecular weight excluding hydrogens is 318 g/mol. The maximum absolute atomic E-state index is 12.7. The summed E-state index contributed by atoms with van der Waals surface area (Å²) < 4.78 is 0. The largest absolute Gasteiger partial charge is 0.397 e. The van der Waals surface area contributed by atoms with E-state index >= 15 is 0 Å². The van der Waals surface area contributed by atoms with Crippen molar-refractivity contribution in [3.05, 3.63) is 77.4 Å². The zero-order valence-corrected chi connectivity index (χ0v) is 13.5. The van der Waals surface area contributed by atoms with Crippen molar-refractivity contribution in [2.24, 2.45) is 0 Å². The Morgan fingerprint density at radius 2 is 1.83 bits per heavy atom. The van der Waals surface area contributed by atoms with Gasteiger partial charge in [-0.1, -0.05) is 30.3 Å². The SMILES string of the molecule is Nc1c(C(=O)c2ccccc2)sc2nc(-c3cccnc3)ccc12. The zero-order chi connectivity index (χ0) is 16.5. The van der Waals surface area contributed by atoms with Crippen LogP contribution in [0.25, 0.3) is 21.5 Å². The normalized spacial score (nSPS) is 10.8. The summed E-state index contributed by atoms with van der Waals surface area (Å²) in [5, 5.41) is 0.812. The summed E-state index contributed by atoms with van der Waals surface area (Å²) in [4.78, 5) is 22.7. The maximum Gasteiger partial charge on any atom is 0.205 e. The third kappa shape index (κ3) is 2.45. The first-order valence-electron chi connectivity index (χ1n) is 7.43. The third-order valence-corrected chi connectivity index (χ3v) is 4.91. The molecule has 0 bridgehead atoms. The van der Waals surface area contributed by atoms with Crippen LogP contribution in [-0.4, -0.2) is 15.8 Å². The van der Waals surface area contributed by atoms with Crippen LogP contribution in [0.5, 0.6) is 0 Å².